The van der Waals surface area contributed by atoms with E-state index in [0.717, 1.165) is 17.0 Å². The highest BCUT2D eigenvalue weighted by Gasteiger charge is 2.21. The smallest absolute Gasteiger partial charge is 0.325 e. The molecule has 0 bridgehead atoms. The van der Waals surface area contributed by atoms with Gasteiger partial charge in [-0.25, -0.2) is 4.39 Å². The van der Waals surface area contributed by atoms with E-state index in [1.165, 1.54) is 7.11 Å². The van der Waals surface area contributed by atoms with Crippen molar-refractivity contribution in [2.45, 2.75) is 6.92 Å². The molecule has 0 aliphatic carbocycles. The molecular formula is C12H13FN2O5. The number of carbonyl (C=O) groups excluding carboxylic acids is 2. The molecule has 1 amide bonds. The Morgan fingerprint density at radius 2 is 2.05 bits per heavy atom. The number of methoxy groups -OCH3 is 1. The van der Waals surface area contributed by atoms with Crippen LogP contribution in [0.3, 0.4) is 0 Å². The monoisotopic (exact) mass is 284 g/mol. The maximum absolute atomic E-state index is 13.3. The minimum atomic E-state index is -0.892. The summed E-state index contributed by atoms with van der Waals surface area (Å²) in [7, 11) is 1.17. The summed E-state index contributed by atoms with van der Waals surface area (Å²) in [6.45, 7) is 1.49. The van der Waals surface area contributed by atoms with Crippen LogP contribution in [0.1, 0.15) is 17.3 Å². The van der Waals surface area contributed by atoms with Crippen molar-refractivity contribution in [2.75, 3.05) is 20.2 Å². The average Bonchev–Trinajstić information content (AvgIpc) is 2.42. The zero-order valence-corrected chi connectivity index (χ0v) is 11.0. The van der Waals surface area contributed by atoms with E-state index in [2.05, 4.69) is 4.74 Å². The Morgan fingerprint density at radius 3 is 2.55 bits per heavy atom. The van der Waals surface area contributed by atoms with Gasteiger partial charge in [-0.1, -0.05) is 0 Å². The molecule has 20 heavy (non-hydrogen) atoms. The third kappa shape index (κ3) is 3.74. The first-order valence-electron chi connectivity index (χ1n) is 5.70. The van der Waals surface area contributed by atoms with E-state index in [1.54, 1.807) is 6.92 Å². The molecule has 0 radical (unpaired) electrons. The number of hydrogen-bond donors (Lipinski definition) is 0. The molecule has 0 atom stereocenters. The number of halogens is 1. The number of non-ortho nitro benzene ring substituents is 1. The maximum Gasteiger partial charge on any atom is 0.325 e. The number of nitro benzene ring substituents is 1. The highest BCUT2D eigenvalue weighted by Crippen LogP contribution is 2.17. The van der Waals surface area contributed by atoms with Crippen molar-refractivity contribution >= 4 is 17.6 Å². The van der Waals surface area contributed by atoms with E-state index >= 15 is 0 Å². The van der Waals surface area contributed by atoms with Crippen LogP contribution in [0.4, 0.5) is 10.1 Å². The van der Waals surface area contributed by atoms with Gasteiger partial charge in [0, 0.05) is 18.2 Å². The standard InChI is InChI=1S/C12H13FN2O5/c1-3-14(7-11(16)20-2)12(17)8-4-9(13)6-10(5-8)15(18)19/h4-6H,3,7H2,1-2H3. The number of esters is 1. The summed E-state index contributed by atoms with van der Waals surface area (Å²) < 4.78 is 17.7. The second kappa shape index (κ2) is 6.60. The Kier molecular flexibility index (Phi) is 5.13. The summed E-state index contributed by atoms with van der Waals surface area (Å²) in [4.78, 5) is 34.2. The van der Waals surface area contributed by atoms with Gasteiger partial charge in [0.1, 0.15) is 12.4 Å². The summed E-state index contributed by atoms with van der Waals surface area (Å²) in [5, 5.41) is 10.6. The molecule has 8 heteroatoms. The van der Waals surface area contributed by atoms with E-state index < -0.39 is 28.3 Å². The topological polar surface area (TPSA) is 89.8 Å². The van der Waals surface area contributed by atoms with Crippen LogP contribution in [0, 0.1) is 15.9 Å². The lowest BCUT2D eigenvalue weighted by Crippen LogP contribution is -2.36. The number of likely N-dealkylation sites (N-methyl/N-ethyl adjacent to an activating group) is 1. The second-order valence-electron chi connectivity index (χ2n) is 3.85. The number of nitrogens with zero attached hydrogens (tertiary/aromatic N) is 2. The van der Waals surface area contributed by atoms with Crippen LogP contribution < -0.4 is 0 Å². The number of rotatable bonds is 5. The van der Waals surface area contributed by atoms with Crippen molar-refractivity contribution in [1.82, 2.24) is 4.90 Å². The molecule has 0 saturated carbocycles. The maximum atomic E-state index is 13.3. The minimum Gasteiger partial charge on any atom is -0.468 e. The fourth-order valence-corrected chi connectivity index (χ4v) is 1.53. The van der Waals surface area contributed by atoms with Crippen LogP contribution in [0.15, 0.2) is 18.2 Å². The van der Waals surface area contributed by atoms with Gasteiger partial charge < -0.3 is 9.64 Å². The Balaban J connectivity index is 3.06. The Labute approximate surface area is 114 Å². The van der Waals surface area contributed by atoms with Gasteiger partial charge in [-0.15, -0.1) is 0 Å². The molecule has 0 saturated heterocycles. The number of amides is 1. The number of hydrogen-bond acceptors (Lipinski definition) is 5. The fourth-order valence-electron chi connectivity index (χ4n) is 1.53. The summed E-state index contributed by atoms with van der Waals surface area (Å²) in [6, 6.07) is 2.56. The predicted molar refractivity (Wildman–Crippen MR) is 66.6 cm³/mol. The summed E-state index contributed by atoms with van der Waals surface area (Å²) in [6.07, 6.45) is 0. The van der Waals surface area contributed by atoms with Gasteiger partial charge in [-0.05, 0) is 13.0 Å². The van der Waals surface area contributed by atoms with Crippen LogP contribution in [0.5, 0.6) is 0 Å². The zero-order chi connectivity index (χ0) is 15.3. The molecule has 0 aliphatic rings. The van der Waals surface area contributed by atoms with E-state index in [1.807, 2.05) is 0 Å². The first-order chi connectivity index (χ1) is 9.38. The van der Waals surface area contributed by atoms with Gasteiger partial charge in [0.05, 0.1) is 18.1 Å². The molecule has 0 heterocycles. The molecule has 1 aromatic rings. The highest BCUT2D eigenvalue weighted by molar-refractivity contribution is 5.96. The molecule has 0 aliphatic heterocycles. The van der Waals surface area contributed by atoms with Crippen molar-refractivity contribution in [1.29, 1.82) is 0 Å². The van der Waals surface area contributed by atoms with Gasteiger partial charge in [0.15, 0.2) is 0 Å². The van der Waals surface area contributed by atoms with E-state index in [4.69, 9.17) is 0 Å². The second-order valence-corrected chi connectivity index (χ2v) is 3.85. The Hall–Kier alpha value is -2.51. The third-order valence-electron chi connectivity index (χ3n) is 2.56. The average molecular weight is 284 g/mol. The van der Waals surface area contributed by atoms with Gasteiger partial charge in [-0.2, -0.15) is 0 Å². The number of benzene rings is 1. The van der Waals surface area contributed by atoms with E-state index in [9.17, 15) is 24.1 Å². The minimum absolute atomic E-state index is 0.179. The van der Waals surface area contributed by atoms with Crippen LogP contribution >= 0.6 is 0 Å². The highest BCUT2D eigenvalue weighted by atomic mass is 19.1. The molecule has 0 spiro atoms. The lowest BCUT2D eigenvalue weighted by molar-refractivity contribution is -0.385. The molecule has 108 valence electrons. The number of carbonyl (C=O) groups is 2. The van der Waals surface area contributed by atoms with E-state index in [-0.39, 0.29) is 18.7 Å². The molecule has 7 nitrogen and oxygen atoms in total. The first-order valence-corrected chi connectivity index (χ1v) is 5.70. The van der Waals surface area contributed by atoms with Crippen LogP contribution in [-0.2, 0) is 9.53 Å². The lowest BCUT2D eigenvalue weighted by Gasteiger charge is -2.19. The van der Waals surface area contributed by atoms with Crippen molar-refractivity contribution in [3.05, 3.63) is 39.7 Å². The number of ether oxygens (including phenoxy) is 1. The molecule has 1 aromatic carbocycles. The van der Waals surface area contributed by atoms with Gasteiger partial charge in [-0.3, -0.25) is 19.7 Å². The number of nitro groups is 1. The van der Waals surface area contributed by atoms with Crippen molar-refractivity contribution in [3.8, 4) is 0 Å². The van der Waals surface area contributed by atoms with Crippen molar-refractivity contribution in [3.63, 3.8) is 0 Å². The molecule has 0 N–H and O–H groups in total. The van der Waals surface area contributed by atoms with Crippen LogP contribution in [0.2, 0.25) is 0 Å². The summed E-state index contributed by atoms with van der Waals surface area (Å²) in [5.41, 5.74) is -0.718. The molecule has 1 rings (SSSR count). The molecule has 0 aromatic heterocycles. The van der Waals surface area contributed by atoms with Crippen molar-refractivity contribution < 1.29 is 23.6 Å². The SMILES string of the molecule is CCN(CC(=O)OC)C(=O)c1cc(F)cc([N+](=O)[O-])c1. The fraction of sp³-hybridized carbons (Fsp3) is 0.333. The molecule has 0 unspecified atom stereocenters. The normalized spacial score (nSPS) is 9.95. The van der Waals surface area contributed by atoms with Crippen LogP contribution in [0.25, 0.3) is 0 Å². The third-order valence-corrected chi connectivity index (χ3v) is 2.56. The van der Waals surface area contributed by atoms with Gasteiger partial charge in [0.2, 0.25) is 0 Å². The predicted octanol–water partition coefficient (Wildman–Crippen LogP) is 1.37. The van der Waals surface area contributed by atoms with E-state index in [0.29, 0.717) is 6.07 Å². The van der Waals surface area contributed by atoms with Crippen molar-refractivity contribution in [2.24, 2.45) is 0 Å². The summed E-state index contributed by atoms with van der Waals surface area (Å²) >= 11 is 0. The van der Waals surface area contributed by atoms with Gasteiger partial charge in [0.25, 0.3) is 11.6 Å². The van der Waals surface area contributed by atoms with Crippen LogP contribution in [-0.4, -0.2) is 41.9 Å². The van der Waals surface area contributed by atoms with Gasteiger partial charge >= 0.3 is 5.97 Å². The lowest BCUT2D eigenvalue weighted by atomic mass is 10.1. The molecular weight excluding hydrogens is 271 g/mol. The zero-order valence-electron chi connectivity index (χ0n) is 11.0. The molecule has 0 fully saturated rings. The Morgan fingerprint density at radius 1 is 1.40 bits per heavy atom. The quantitative estimate of drug-likeness (QED) is 0.462. The first kappa shape index (κ1) is 15.5. The Bertz CT molecular complexity index is 547. The largest absolute Gasteiger partial charge is 0.468 e. The summed E-state index contributed by atoms with van der Waals surface area (Å²) in [5.74, 6) is -2.21.